The highest BCUT2D eigenvalue weighted by Crippen LogP contribution is 2.45. The second kappa shape index (κ2) is 44.3. The van der Waals surface area contributed by atoms with Gasteiger partial charge in [0.1, 0.15) is 72.9 Å². The van der Waals surface area contributed by atoms with Crippen LogP contribution in [0.5, 0.6) is 0 Å². The first-order valence-corrected chi connectivity index (χ1v) is 43.0. The van der Waals surface area contributed by atoms with Crippen LogP contribution < -0.4 is 21.3 Å². The zero-order chi connectivity index (χ0) is 82.0. The van der Waals surface area contributed by atoms with E-state index in [9.17, 15) is 84.6 Å². The molecular weight excluding hydrogens is 1490 g/mol. The van der Waals surface area contributed by atoms with Crippen LogP contribution in [0.4, 0.5) is 0 Å². The number of Topliss-reactive ketones (excluding diaryl/α,β-unsaturated/α-hetero) is 1. The Morgan fingerprint density at radius 1 is 0.465 bits per heavy atom. The number of aliphatic hydroxyl groups is 10. The number of carbonyl (C=O) groups excluding carboxylic acids is 7. The van der Waals surface area contributed by atoms with Crippen molar-refractivity contribution >= 4 is 41.2 Å². The van der Waals surface area contributed by atoms with Crippen molar-refractivity contribution in [3.8, 4) is 0 Å². The Labute approximate surface area is 670 Å². The number of hydrogen-bond donors (Lipinski definition) is 14. The summed E-state index contributed by atoms with van der Waals surface area (Å²) < 4.78 is 64.3. The number of nitrogens with zero attached hydrogens (tertiary/aromatic N) is 2. The standard InChI is InChI=1S/C81H136N6O27/c1-7-49-36-51(38-56(73(49)113-80-70(100)68(98)64(94)44(4)106-80)108-55-40-53(41-88)66(96)75(63(55)85-46(6)90)110-59(78(104)87-30-17-31-87)35-48-20-13-10-14-21-48)54(91)22-15-25-82-61(92)23-32-105-33-24-62(93)83-26-27-84-76(102)52-37-50(8-2)74(114-81-71(101)69(99)65(95)45(5)107-81)57(39-52)111-79-43(3)72(67(97)60(42-89)112-79)109-58(77(103)86-28-16-29-86)34-47-18-11-9-12-19-47/h43-45,47-53,55-60,63-75,79-81,88-89,94-101H,7-42H2,1-6H3,(H,82,92)(H,83,93)(H,84,102)(H,85,90)/t43-,44+,45+,49+,50+,51-,52-,53-,55-,56-,57-,58+,59+,60-,63+,64-,65-,66+,67+,68-,69-,70+,71+,72-,73-,74-,75-,79-,80+,81+/m1/s1. The third kappa shape index (κ3) is 24.1. The van der Waals surface area contributed by atoms with Crippen LogP contribution in [-0.4, -0.2) is 321 Å². The molecule has 33 nitrogen and oxygen atoms in total. The summed E-state index contributed by atoms with van der Waals surface area (Å²) in [5.74, 6) is -5.11. The highest BCUT2D eigenvalue weighted by Gasteiger charge is 2.56. The molecule has 114 heavy (non-hydrogen) atoms. The van der Waals surface area contributed by atoms with Gasteiger partial charge in [-0.15, -0.1) is 0 Å². The van der Waals surface area contributed by atoms with E-state index in [1.165, 1.54) is 20.8 Å². The average molecular weight is 1630 g/mol. The minimum Gasteiger partial charge on any atom is -0.396 e. The minimum absolute atomic E-state index is 0.00688. The van der Waals surface area contributed by atoms with Crippen molar-refractivity contribution < 1.29 is 132 Å². The number of amides is 6. The molecule has 30 atom stereocenters. The molecule has 0 bridgehead atoms. The smallest absolute Gasteiger partial charge is 0.251 e. The van der Waals surface area contributed by atoms with E-state index in [1.807, 2.05) is 13.8 Å². The maximum atomic E-state index is 14.4. The van der Waals surface area contributed by atoms with Gasteiger partial charge in [0.25, 0.3) is 11.8 Å². The molecule has 0 aromatic carbocycles. The first kappa shape index (κ1) is 92.0. The Kier molecular flexibility index (Phi) is 35.7. The van der Waals surface area contributed by atoms with Crippen LogP contribution in [0.1, 0.15) is 202 Å². The van der Waals surface area contributed by atoms with E-state index in [-0.39, 0.29) is 125 Å². The highest BCUT2D eigenvalue weighted by atomic mass is 16.7. The molecule has 10 rings (SSSR count). The third-order valence-electron chi connectivity index (χ3n) is 26.2. The lowest BCUT2D eigenvalue weighted by atomic mass is 9.73. The first-order valence-electron chi connectivity index (χ1n) is 43.0. The molecule has 0 aromatic heterocycles. The van der Waals surface area contributed by atoms with Gasteiger partial charge in [-0.3, -0.25) is 33.6 Å². The monoisotopic (exact) mass is 1620 g/mol. The van der Waals surface area contributed by atoms with Crippen LogP contribution in [0.25, 0.3) is 0 Å². The maximum absolute atomic E-state index is 14.4. The van der Waals surface area contributed by atoms with Gasteiger partial charge in [0.2, 0.25) is 23.6 Å². The number of likely N-dealkylation sites (tertiary alicyclic amines) is 2. The van der Waals surface area contributed by atoms with Gasteiger partial charge in [-0.05, 0) is 102 Å². The molecule has 6 amide bonds. The molecule has 0 radical (unpaired) electrons. The first-order chi connectivity index (χ1) is 54.7. The summed E-state index contributed by atoms with van der Waals surface area (Å²) in [6.07, 6.45) is -12.8. The Bertz CT molecular complexity index is 3020. The Morgan fingerprint density at radius 2 is 0.956 bits per heavy atom. The molecule has 0 unspecified atom stereocenters. The molecule has 5 saturated carbocycles. The molecule has 33 heteroatoms. The van der Waals surface area contributed by atoms with Gasteiger partial charge in [-0.2, -0.15) is 0 Å². The summed E-state index contributed by atoms with van der Waals surface area (Å²) in [7, 11) is 0. The van der Waals surface area contributed by atoms with Gasteiger partial charge in [0, 0.05) is 102 Å². The quantitative estimate of drug-likeness (QED) is 0.0373. The molecule has 0 aromatic rings. The fourth-order valence-electron chi connectivity index (χ4n) is 18.8. The number of hydrogen-bond acceptors (Lipinski definition) is 27. The summed E-state index contributed by atoms with van der Waals surface area (Å²) in [6.45, 7) is 11.5. The van der Waals surface area contributed by atoms with E-state index >= 15 is 0 Å². The molecule has 5 saturated heterocycles. The van der Waals surface area contributed by atoms with Crippen LogP contribution in [0, 0.1) is 47.3 Å². The van der Waals surface area contributed by atoms with Crippen molar-refractivity contribution in [1.82, 2.24) is 31.1 Å². The molecule has 652 valence electrons. The lowest BCUT2D eigenvalue weighted by molar-refractivity contribution is -0.343. The van der Waals surface area contributed by atoms with E-state index in [0.29, 0.717) is 64.7 Å². The van der Waals surface area contributed by atoms with E-state index in [0.717, 1.165) is 77.0 Å². The van der Waals surface area contributed by atoms with Crippen LogP contribution in [0.3, 0.4) is 0 Å². The zero-order valence-electron chi connectivity index (χ0n) is 67.7. The topological polar surface area (TPSA) is 469 Å². The van der Waals surface area contributed by atoms with E-state index in [1.54, 1.807) is 16.7 Å². The Balaban J connectivity index is 0.690. The number of aliphatic hydroxyl groups excluding tert-OH is 10. The molecule has 0 spiro atoms. The molecule has 10 fully saturated rings. The molecule has 5 heterocycles. The van der Waals surface area contributed by atoms with Crippen molar-refractivity contribution in [2.75, 3.05) is 72.2 Å². The van der Waals surface area contributed by atoms with Gasteiger partial charge >= 0.3 is 0 Å². The average Bonchev–Trinajstić information content (AvgIpc) is 0.780. The van der Waals surface area contributed by atoms with Crippen LogP contribution in [-0.2, 0) is 80.9 Å². The predicted molar refractivity (Wildman–Crippen MR) is 406 cm³/mol. The summed E-state index contributed by atoms with van der Waals surface area (Å²) >= 11 is 0. The number of rotatable bonds is 38. The van der Waals surface area contributed by atoms with Gasteiger partial charge in [-0.25, -0.2) is 0 Å². The lowest BCUT2D eigenvalue weighted by Crippen LogP contribution is -2.65. The summed E-state index contributed by atoms with van der Waals surface area (Å²) in [5, 5.41) is 122. The van der Waals surface area contributed by atoms with Crippen molar-refractivity contribution in [3.63, 3.8) is 0 Å². The fourth-order valence-corrected chi connectivity index (χ4v) is 18.8. The lowest BCUT2D eigenvalue weighted by Gasteiger charge is -2.50. The zero-order valence-corrected chi connectivity index (χ0v) is 67.7. The highest BCUT2D eigenvalue weighted by molar-refractivity contribution is 5.83. The number of nitrogens with one attached hydrogen (secondary N) is 4. The number of ether oxygens (including phenoxy) is 10. The Hall–Kier alpha value is -4.31. The maximum Gasteiger partial charge on any atom is 0.251 e. The molecule has 14 N–H and O–H groups in total. The predicted octanol–water partition coefficient (Wildman–Crippen LogP) is 0.423. The molecular formula is C81H136N6O27. The third-order valence-corrected chi connectivity index (χ3v) is 26.2. The Morgan fingerprint density at radius 3 is 1.45 bits per heavy atom. The summed E-state index contributed by atoms with van der Waals surface area (Å²) in [4.78, 5) is 99.5. The van der Waals surface area contributed by atoms with E-state index in [2.05, 4.69) is 21.3 Å². The SMILES string of the molecule is CC[C@H]1C[C@@H](C(=O)NCCNC(=O)CCOCCC(=O)NCCCC(=O)[C@@H]2C[C@H](CC)[C@@H](O[C@@H]3O[C@@H](C)[C@@H](O)[C@@H](O)[C@@H]3O)[C@H](O[C@@H]3C[C@H](CO)[C@H](O)[C@H](O[C@@H](CC4CCCCC4)C(=O)N4CCC4)[C@H]3NC(C)=O)C2)C[C@@H](O[C@@H]2O[C@H](CO)[C@H](O)[C@H](O[C@@H](CC3CCCCC3)C(=O)N3CCC3)[C@H]2C)[C@@H]1O[C@@H]1O[C@@H](C)[C@@H](O)[C@@H](O)[C@@H]1O. The molecule has 10 aliphatic rings. The molecule has 5 aliphatic carbocycles. The fraction of sp³-hybridized carbons (Fsp3) is 0.914. The normalized spacial score (nSPS) is 38.4. The van der Waals surface area contributed by atoms with Crippen molar-refractivity contribution in [2.24, 2.45) is 47.3 Å². The van der Waals surface area contributed by atoms with Crippen molar-refractivity contribution in [1.29, 1.82) is 0 Å². The second-order valence-corrected chi connectivity index (χ2v) is 34.3. The largest absolute Gasteiger partial charge is 0.396 e. The minimum atomic E-state index is -1.66. The van der Waals surface area contributed by atoms with Crippen molar-refractivity contribution in [3.05, 3.63) is 0 Å². The number of carbonyl (C=O) groups is 7. The van der Waals surface area contributed by atoms with Crippen LogP contribution >= 0.6 is 0 Å². The van der Waals surface area contributed by atoms with Gasteiger partial charge in [0.05, 0.1) is 80.8 Å². The second-order valence-electron chi connectivity index (χ2n) is 34.3. The van der Waals surface area contributed by atoms with Gasteiger partial charge < -0.3 is 130 Å². The summed E-state index contributed by atoms with van der Waals surface area (Å²) in [5.41, 5.74) is 0. The van der Waals surface area contributed by atoms with Gasteiger partial charge in [-0.1, -0.05) is 97.8 Å². The van der Waals surface area contributed by atoms with Crippen LogP contribution in [0.15, 0.2) is 0 Å². The van der Waals surface area contributed by atoms with E-state index in [4.69, 9.17) is 47.4 Å². The molecule has 5 aliphatic heterocycles. The van der Waals surface area contributed by atoms with Crippen molar-refractivity contribution in [2.45, 2.75) is 349 Å². The van der Waals surface area contributed by atoms with Gasteiger partial charge in [0.15, 0.2) is 18.9 Å². The summed E-state index contributed by atoms with van der Waals surface area (Å²) in [6, 6.07) is -1.05. The van der Waals surface area contributed by atoms with Crippen LogP contribution in [0.2, 0.25) is 0 Å². The van der Waals surface area contributed by atoms with E-state index < -0.39 is 202 Å². The number of ketones is 1.